The van der Waals surface area contributed by atoms with E-state index in [0.29, 0.717) is 0 Å². The Balaban J connectivity index is 2.00. The van der Waals surface area contributed by atoms with Crippen molar-refractivity contribution in [3.63, 3.8) is 0 Å². The van der Waals surface area contributed by atoms with Gasteiger partial charge in [0.25, 0.3) is 0 Å². The van der Waals surface area contributed by atoms with Crippen molar-refractivity contribution in [2.24, 2.45) is 0 Å². The molecule has 0 aliphatic rings. The lowest BCUT2D eigenvalue weighted by atomic mass is 9.93. The van der Waals surface area contributed by atoms with Crippen molar-refractivity contribution in [3.8, 4) is 17.2 Å². The Morgan fingerprint density at radius 3 is 0.815 bits per heavy atom. The fourth-order valence-corrected chi connectivity index (χ4v) is 9.99. The Kier molecular flexibility index (Phi) is 21.7. The molecule has 0 aromatic heterocycles. The summed E-state index contributed by atoms with van der Waals surface area (Å²) in [7, 11) is 0. The van der Waals surface area contributed by atoms with Gasteiger partial charge in [0.05, 0.1) is 34.5 Å². The van der Waals surface area contributed by atoms with Gasteiger partial charge in [-0.05, 0) is 124 Å². The minimum atomic E-state index is 0.760. The smallest absolute Gasteiger partial charge is 0.133 e. The molecule has 0 spiro atoms. The lowest BCUT2D eigenvalue weighted by molar-refractivity contribution is 0.300. The van der Waals surface area contributed by atoms with Crippen LogP contribution in [0.25, 0.3) is 32.3 Å². The summed E-state index contributed by atoms with van der Waals surface area (Å²) in [6.07, 6.45) is 21.6. The number of thioether (sulfide) groups is 3. The van der Waals surface area contributed by atoms with Crippen molar-refractivity contribution in [1.29, 1.82) is 0 Å². The molecule has 0 atom stereocenters. The lowest BCUT2D eigenvalue weighted by Crippen LogP contribution is -2.01. The first kappa shape index (κ1) is 44.8. The minimum Gasteiger partial charge on any atom is -0.492 e. The highest BCUT2D eigenvalue weighted by Gasteiger charge is 2.20. The number of hydrogen-bond donors (Lipinski definition) is 0. The van der Waals surface area contributed by atoms with Gasteiger partial charge < -0.3 is 14.2 Å². The molecule has 0 saturated carbocycles. The fourth-order valence-electron chi connectivity index (χ4n) is 6.90. The minimum absolute atomic E-state index is 0.760. The van der Waals surface area contributed by atoms with Crippen molar-refractivity contribution in [1.82, 2.24) is 0 Å². The molecule has 0 aliphatic heterocycles. The third-order valence-electron chi connectivity index (χ3n) is 10.2. The van der Waals surface area contributed by atoms with E-state index in [0.717, 1.165) is 73.6 Å². The third-order valence-corrected chi connectivity index (χ3v) is 13.5. The van der Waals surface area contributed by atoms with Gasteiger partial charge >= 0.3 is 0 Å². The monoisotopic (exact) mass is 792 g/mol. The molecule has 0 aliphatic carbocycles. The van der Waals surface area contributed by atoms with E-state index in [9.17, 15) is 0 Å². The second-order valence-electron chi connectivity index (χ2n) is 14.9. The summed E-state index contributed by atoms with van der Waals surface area (Å²) < 4.78 is 20.1. The van der Waals surface area contributed by atoms with Gasteiger partial charge in [-0.2, -0.15) is 0 Å². The van der Waals surface area contributed by atoms with E-state index in [1.165, 1.54) is 143 Å². The van der Waals surface area contributed by atoms with Gasteiger partial charge in [0.1, 0.15) is 17.2 Å². The summed E-state index contributed by atoms with van der Waals surface area (Å²) in [5.41, 5.74) is 0. The molecule has 0 heterocycles. The van der Waals surface area contributed by atoms with Crippen LogP contribution in [0, 0.1) is 0 Å². The molecule has 0 amide bonds. The Hall–Kier alpha value is -1.89. The number of unbranched alkanes of at least 4 members (excludes halogenated alkanes) is 12. The Labute approximate surface area is 342 Å². The standard InChI is InChI=1S/C48H72O3S3/c1-7-13-19-25-49-43-31-37-40(34-46(43)52-28-22-16-10-4)38-32-44(50-26-20-14-8-2)48(54-30-24-18-12-6)36-42(38)39-33-45(51-27-21-15-9-3)47(35-41(37)39)53-29-23-17-11-5/h31-36H,7-30H2,1-6H3. The summed E-state index contributed by atoms with van der Waals surface area (Å²) in [5.74, 6) is 6.44. The second-order valence-corrected chi connectivity index (χ2v) is 18.3. The zero-order valence-electron chi connectivity index (χ0n) is 34.9. The summed E-state index contributed by atoms with van der Waals surface area (Å²) in [5, 5.41) is 7.72. The molecular formula is C48H72O3S3. The van der Waals surface area contributed by atoms with Crippen LogP contribution in [0.1, 0.15) is 157 Å². The molecule has 0 fully saturated rings. The Bertz CT molecular complexity index is 1320. The highest BCUT2D eigenvalue weighted by atomic mass is 32.2. The average Bonchev–Trinajstić information content (AvgIpc) is 3.19. The van der Waals surface area contributed by atoms with Gasteiger partial charge in [0.2, 0.25) is 0 Å². The highest BCUT2D eigenvalue weighted by molar-refractivity contribution is 7.99. The summed E-state index contributed by atoms with van der Waals surface area (Å²) in [6, 6.07) is 14.5. The van der Waals surface area contributed by atoms with Crippen LogP contribution in [0.3, 0.4) is 0 Å². The lowest BCUT2D eigenvalue weighted by Gasteiger charge is -2.20. The largest absolute Gasteiger partial charge is 0.492 e. The van der Waals surface area contributed by atoms with E-state index < -0.39 is 0 Å². The van der Waals surface area contributed by atoms with Crippen LogP contribution in [-0.2, 0) is 0 Å². The molecule has 0 radical (unpaired) electrons. The van der Waals surface area contributed by atoms with Crippen LogP contribution < -0.4 is 14.2 Å². The van der Waals surface area contributed by atoms with Crippen molar-refractivity contribution >= 4 is 67.6 Å². The molecule has 54 heavy (non-hydrogen) atoms. The van der Waals surface area contributed by atoms with E-state index in [2.05, 4.69) is 77.9 Å². The van der Waals surface area contributed by atoms with E-state index in [1.54, 1.807) is 0 Å². The molecule has 0 N–H and O–H groups in total. The highest BCUT2D eigenvalue weighted by Crippen LogP contribution is 2.47. The van der Waals surface area contributed by atoms with E-state index in [4.69, 9.17) is 14.2 Å². The average molecular weight is 793 g/mol. The van der Waals surface area contributed by atoms with Crippen LogP contribution in [0.15, 0.2) is 51.1 Å². The first-order valence-corrected chi connectivity index (χ1v) is 24.9. The number of benzene rings is 4. The maximum Gasteiger partial charge on any atom is 0.133 e. The zero-order valence-corrected chi connectivity index (χ0v) is 37.3. The van der Waals surface area contributed by atoms with Crippen molar-refractivity contribution < 1.29 is 14.2 Å². The number of ether oxygens (including phenoxy) is 3. The Morgan fingerprint density at radius 2 is 0.556 bits per heavy atom. The number of hydrogen-bond acceptors (Lipinski definition) is 6. The van der Waals surface area contributed by atoms with Crippen LogP contribution in [0.4, 0.5) is 0 Å². The summed E-state index contributed by atoms with van der Waals surface area (Å²) in [4.78, 5) is 3.80. The topological polar surface area (TPSA) is 27.7 Å². The van der Waals surface area contributed by atoms with Crippen LogP contribution in [-0.4, -0.2) is 37.1 Å². The zero-order chi connectivity index (χ0) is 38.4. The molecule has 4 rings (SSSR count). The normalized spacial score (nSPS) is 11.7. The molecule has 0 unspecified atom stereocenters. The molecular weight excluding hydrogens is 721 g/mol. The maximum atomic E-state index is 6.69. The second kappa shape index (κ2) is 26.1. The Morgan fingerprint density at radius 1 is 0.315 bits per heavy atom. The van der Waals surface area contributed by atoms with Crippen LogP contribution >= 0.6 is 35.3 Å². The van der Waals surface area contributed by atoms with E-state index in [1.807, 2.05) is 35.3 Å². The summed E-state index contributed by atoms with van der Waals surface area (Å²) >= 11 is 5.92. The fraction of sp³-hybridized carbons (Fsp3) is 0.625. The quantitative estimate of drug-likeness (QED) is 0.0297. The third kappa shape index (κ3) is 13.6. The number of fused-ring (bicyclic) bond motifs is 6. The van der Waals surface area contributed by atoms with Gasteiger partial charge in [-0.1, -0.05) is 119 Å². The van der Waals surface area contributed by atoms with Gasteiger partial charge in [0, 0.05) is 0 Å². The van der Waals surface area contributed by atoms with Crippen LogP contribution in [0.5, 0.6) is 17.2 Å². The predicted molar refractivity (Wildman–Crippen MR) is 245 cm³/mol. The molecule has 4 aromatic rings. The molecule has 300 valence electrons. The molecule has 3 nitrogen and oxygen atoms in total. The number of rotatable bonds is 30. The molecule has 6 heteroatoms. The summed E-state index contributed by atoms with van der Waals surface area (Å²) in [6.45, 7) is 15.9. The molecule has 4 aromatic carbocycles. The van der Waals surface area contributed by atoms with Gasteiger partial charge in [-0.3, -0.25) is 0 Å². The van der Waals surface area contributed by atoms with E-state index in [-0.39, 0.29) is 0 Å². The molecule has 0 bridgehead atoms. The predicted octanol–water partition coefficient (Wildman–Crippen LogP) is 16.7. The van der Waals surface area contributed by atoms with Crippen LogP contribution in [0.2, 0.25) is 0 Å². The van der Waals surface area contributed by atoms with Gasteiger partial charge in [0.15, 0.2) is 0 Å². The van der Waals surface area contributed by atoms with Crippen molar-refractivity contribution in [2.45, 2.75) is 172 Å². The first-order chi connectivity index (χ1) is 26.6. The van der Waals surface area contributed by atoms with Crippen molar-refractivity contribution in [3.05, 3.63) is 36.4 Å². The molecule has 0 saturated heterocycles. The van der Waals surface area contributed by atoms with Crippen molar-refractivity contribution in [2.75, 3.05) is 37.1 Å². The maximum absolute atomic E-state index is 6.69. The SMILES string of the molecule is CCCCCOc1cc2c(cc1SCCCCC)c1cc(OCCCCC)c(SCCCCC)cc1c1cc(OCCCCC)c(SCCCCC)cc21. The van der Waals surface area contributed by atoms with Gasteiger partial charge in [-0.15, -0.1) is 35.3 Å². The van der Waals surface area contributed by atoms with E-state index >= 15 is 0 Å². The first-order valence-electron chi connectivity index (χ1n) is 21.9. The van der Waals surface area contributed by atoms with Gasteiger partial charge in [-0.25, -0.2) is 0 Å².